The fourth-order valence-electron chi connectivity index (χ4n) is 2.46. The molecule has 0 aromatic rings. The van der Waals surface area contributed by atoms with Gasteiger partial charge < -0.3 is 9.64 Å². The Morgan fingerprint density at radius 1 is 1.44 bits per heavy atom. The van der Waals surface area contributed by atoms with Crippen molar-refractivity contribution in [3.8, 4) is 0 Å². The lowest BCUT2D eigenvalue weighted by molar-refractivity contribution is -0.150. The van der Waals surface area contributed by atoms with Crippen LogP contribution in [-0.2, 0) is 14.3 Å². The number of nitrogens with zero attached hydrogens (tertiary/aromatic N) is 1. The van der Waals surface area contributed by atoms with Gasteiger partial charge in [-0.2, -0.15) is 0 Å². The summed E-state index contributed by atoms with van der Waals surface area (Å²) in [6.45, 7) is 5.34. The molecule has 16 heavy (non-hydrogen) atoms. The standard InChI is InChI=1S/C12H17NO3/c1-2-11(15)13-6-4-12(5-7-13)9-10(14)3-8-16-12/h2H,1,3-9H2. The largest absolute Gasteiger partial charge is 0.374 e. The summed E-state index contributed by atoms with van der Waals surface area (Å²) in [5, 5.41) is 0. The van der Waals surface area contributed by atoms with Crippen LogP contribution in [0.5, 0.6) is 0 Å². The predicted octanol–water partition coefficient (Wildman–Crippen LogP) is 0.913. The van der Waals surface area contributed by atoms with Crippen LogP contribution in [0, 0.1) is 0 Å². The first kappa shape index (κ1) is 11.3. The summed E-state index contributed by atoms with van der Waals surface area (Å²) in [6, 6.07) is 0. The van der Waals surface area contributed by atoms with Gasteiger partial charge in [0.15, 0.2) is 0 Å². The van der Waals surface area contributed by atoms with E-state index >= 15 is 0 Å². The van der Waals surface area contributed by atoms with E-state index in [-0.39, 0.29) is 17.3 Å². The highest BCUT2D eigenvalue weighted by Crippen LogP contribution is 2.33. The van der Waals surface area contributed by atoms with Gasteiger partial charge in [0.05, 0.1) is 12.2 Å². The van der Waals surface area contributed by atoms with E-state index in [4.69, 9.17) is 4.74 Å². The van der Waals surface area contributed by atoms with Crippen LogP contribution in [-0.4, -0.2) is 41.9 Å². The molecule has 0 aromatic heterocycles. The third-order valence-electron chi connectivity index (χ3n) is 3.47. The predicted molar refractivity (Wildman–Crippen MR) is 58.9 cm³/mol. The third-order valence-corrected chi connectivity index (χ3v) is 3.47. The highest BCUT2D eigenvalue weighted by molar-refractivity contribution is 5.87. The van der Waals surface area contributed by atoms with Crippen molar-refractivity contribution in [3.05, 3.63) is 12.7 Å². The molecule has 0 radical (unpaired) electrons. The third kappa shape index (κ3) is 2.16. The average Bonchev–Trinajstić information content (AvgIpc) is 2.29. The fourth-order valence-corrected chi connectivity index (χ4v) is 2.46. The second kappa shape index (κ2) is 4.37. The molecule has 0 saturated carbocycles. The zero-order chi connectivity index (χ0) is 11.6. The van der Waals surface area contributed by atoms with Crippen LogP contribution < -0.4 is 0 Å². The molecular formula is C12H17NO3. The Morgan fingerprint density at radius 2 is 2.12 bits per heavy atom. The minimum absolute atomic E-state index is 0.0306. The molecule has 0 unspecified atom stereocenters. The van der Waals surface area contributed by atoms with E-state index in [0.717, 1.165) is 12.8 Å². The second-order valence-electron chi connectivity index (χ2n) is 4.53. The van der Waals surface area contributed by atoms with Crippen molar-refractivity contribution < 1.29 is 14.3 Å². The number of piperidine rings is 1. The Balaban J connectivity index is 1.95. The number of Topliss-reactive ketones (excluding diaryl/α,β-unsaturated/α-hetero) is 1. The summed E-state index contributed by atoms with van der Waals surface area (Å²) >= 11 is 0. The van der Waals surface area contributed by atoms with E-state index in [2.05, 4.69) is 6.58 Å². The molecule has 4 heteroatoms. The molecule has 2 rings (SSSR count). The van der Waals surface area contributed by atoms with Crippen LogP contribution in [0.1, 0.15) is 25.7 Å². The van der Waals surface area contributed by atoms with Crippen LogP contribution in [0.15, 0.2) is 12.7 Å². The molecule has 4 nitrogen and oxygen atoms in total. The lowest BCUT2D eigenvalue weighted by atomic mass is 9.84. The van der Waals surface area contributed by atoms with E-state index < -0.39 is 0 Å². The summed E-state index contributed by atoms with van der Waals surface area (Å²) in [5.74, 6) is 0.256. The molecule has 0 N–H and O–H groups in total. The van der Waals surface area contributed by atoms with Gasteiger partial charge in [0.2, 0.25) is 5.91 Å². The molecule has 0 atom stereocenters. The van der Waals surface area contributed by atoms with E-state index in [1.807, 2.05) is 0 Å². The lowest BCUT2D eigenvalue weighted by Gasteiger charge is -2.43. The van der Waals surface area contributed by atoms with Gasteiger partial charge in [-0.25, -0.2) is 0 Å². The van der Waals surface area contributed by atoms with Gasteiger partial charge in [-0.15, -0.1) is 0 Å². The molecule has 2 fully saturated rings. The zero-order valence-corrected chi connectivity index (χ0v) is 9.41. The highest BCUT2D eigenvalue weighted by atomic mass is 16.5. The number of rotatable bonds is 1. The number of hydrogen-bond donors (Lipinski definition) is 0. The Labute approximate surface area is 95.2 Å². The number of ether oxygens (including phenoxy) is 1. The summed E-state index contributed by atoms with van der Waals surface area (Å²) < 4.78 is 5.75. The number of carbonyl (C=O) groups excluding carboxylic acids is 2. The SMILES string of the molecule is C=CC(=O)N1CCC2(CC1)CC(=O)CCO2. The zero-order valence-electron chi connectivity index (χ0n) is 9.41. The quantitative estimate of drug-likeness (QED) is 0.621. The van der Waals surface area contributed by atoms with Gasteiger partial charge in [0.1, 0.15) is 5.78 Å². The summed E-state index contributed by atoms with van der Waals surface area (Å²) in [5.41, 5.74) is -0.284. The lowest BCUT2D eigenvalue weighted by Crippen LogP contribution is -2.50. The smallest absolute Gasteiger partial charge is 0.245 e. The number of likely N-dealkylation sites (tertiary alicyclic amines) is 1. The molecule has 2 saturated heterocycles. The van der Waals surface area contributed by atoms with Crippen molar-refractivity contribution >= 4 is 11.7 Å². The maximum Gasteiger partial charge on any atom is 0.245 e. The van der Waals surface area contributed by atoms with Gasteiger partial charge in [0, 0.05) is 25.9 Å². The van der Waals surface area contributed by atoms with Crippen LogP contribution in [0.3, 0.4) is 0 Å². The highest BCUT2D eigenvalue weighted by Gasteiger charge is 2.40. The molecule has 2 aliphatic rings. The number of ketones is 1. The molecule has 88 valence electrons. The first-order valence-corrected chi connectivity index (χ1v) is 5.72. The van der Waals surface area contributed by atoms with Crippen molar-refractivity contribution in [1.82, 2.24) is 4.90 Å². The van der Waals surface area contributed by atoms with Crippen molar-refractivity contribution in [1.29, 1.82) is 0 Å². The molecular weight excluding hydrogens is 206 g/mol. The van der Waals surface area contributed by atoms with Crippen molar-refractivity contribution in [3.63, 3.8) is 0 Å². The normalized spacial score (nSPS) is 24.5. The summed E-state index contributed by atoms with van der Waals surface area (Å²) in [7, 11) is 0. The van der Waals surface area contributed by atoms with Crippen molar-refractivity contribution in [2.24, 2.45) is 0 Å². The van der Waals surface area contributed by atoms with Gasteiger partial charge >= 0.3 is 0 Å². The Morgan fingerprint density at radius 3 is 2.69 bits per heavy atom. The monoisotopic (exact) mass is 223 g/mol. The summed E-state index contributed by atoms with van der Waals surface area (Å²) in [6.07, 6.45) is 3.92. The molecule has 0 bridgehead atoms. The van der Waals surface area contributed by atoms with E-state index in [1.165, 1.54) is 6.08 Å². The van der Waals surface area contributed by atoms with Gasteiger partial charge in [-0.3, -0.25) is 9.59 Å². The molecule has 1 amide bonds. The first-order valence-electron chi connectivity index (χ1n) is 5.72. The fraction of sp³-hybridized carbons (Fsp3) is 0.667. The maximum absolute atomic E-state index is 11.4. The van der Waals surface area contributed by atoms with Crippen LogP contribution >= 0.6 is 0 Å². The molecule has 2 heterocycles. The van der Waals surface area contributed by atoms with Crippen LogP contribution in [0.4, 0.5) is 0 Å². The molecule has 1 spiro atoms. The molecule has 0 aromatic carbocycles. The second-order valence-corrected chi connectivity index (χ2v) is 4.53. The van der Waals surface area contributed by atoms with Gasteiger partial charge in [0.25, 0.3) is 0 Å². The number of carbonyl (C=O) groups is 2. The van der Waals surface area contributed by atoms with Gasteiger partial charge in [-0.1, -0.05) is 6.58 Å². The van der Waals surface area contributed by atoms with E-state index in [1.54, 1.807) is 4.90 Å². The number of amides is 1. The Bertz CT molecular complexity index is 316. The Kier molecular flexibility index (Phi) is 3.10. The van der Waals surface area contributed by atoms with Gasteiger partial charge in [-0.05, 0) is 18.9 Å². The maximum atomic E-state index is 11.4. The minimum atomic E-state index is -0.284. The molecule has 0 aliphatic carbocycles. The minimum Gasteiger partial charge on any atom is -0.374 e. The Hall–Kier alpha value is -1.16. The first-order chi connectivity index (χ1) is 7.65. The average molecular weight is 223 g/mol. The van der Waals surface area contributed by atoms with E-state index in [0.29, 0.717) is 32.5 Å². The number of hydrogen-bond acceptors (Lipinski definition) is 3. The van der Waals surface area contributed by atoms with Crippen molar-refractivity contribution in [2.75, 3.05) is 19.7 Å². The topological polar surface area (TPSA) is 46.6 Å². The molecule has 2 aliphatic heterocycles. The van der Waals surface area contributed by atoms with Crippen LogP contribution in [0.25, 0.3) is 0 Å². The van der Waals surface area contributed by atoms with Crippen LogP contribution in [0.2, 0.25) is 0 Å². The summed E-state index contributed by atoms with van der Waals surface area (Å²) in [4.78, 5) is 24.6. The van der Waals surface area contributed by atoms with Crippen molar-refractivity contribution in [2.45, 2.75) is 31.3 Å². The van der Waals surface area contributed by atoms with E-state index in [9.17, 15) is 9.59 Å².